The van der Waals surface area contributed by atoms with Crippen LogP contribution < -0.4 is 5.32 Å². The van der Waals surface area contributed by atoms with Gasteiger partial charge in [-0.1, -0.05) is 18.2 Å². The summed E-state index contributed by atoms with van der Waals surface area (Å²) in [5.74, 6) is -0.639. The molecule has 1 fully saturated rings. The first-order valence-corrected chi connectivity index (χ1v) is 7.89. The highest BCUT2D eigenvalue weighted by molar-refractivity contribution is 5.95. The average molecular weight is 316 g/mol. The smallest absolute Gasteiger partial charge is 0.339 e. The van der Waals surface area contributed by atoms with E-state index in [0.717, 1.165) is 18.4 Å². The first-order chi connectivity index (χ1) is 11.0. The first-order valence-electron chi connectivity index (χ1n) is 7.89. The molecule has 2 heterocycles. The average Bonchev–Trinajstić information content (AvgIpc) is 2.55. The van der Waals surface area contributed by atoms with Gasteiger partial charge >= 0.3 is 5.97 Å². The summed E-state index contributed by atoms with van der Waals surface area (Å²) in [6.07, 6.45) is 1.08. The number of amides is 2. The Morgan fingerprint density at radius 2 is 1.91 bits per heavy atom. The molecule has 0 radical (unpaired) electrons. The predicted octanol–water partition coefficient (Wildman–Crippen LogP) is 0.895. The normalized spacial score (nSPS) is 21.3. The lowest BCUT2D eigenvalue weighted by Crippen LogP contribution is -2.50. The van der Waals surface area contributed by atoms with Gasteiger partial charge in [-0.2, -0.15) is 0 Å². The molecule has 2 aliphatic heterocycles. The van der Waals surface area contributed by atoms with Gasteiger partial charge in [0, 0.05) is 32.5 Å². The molecule has 1 saturated heterocycles. The molecular weight excluding hydrogens is 296 g/mol. The van der Waals surface area contributed by atoms with Crippen molar-refractivity contribution in [2.45, 2.75) is 38.3 Å². The molecule has 0 aromatic heterocycles. The zero-order chi connectivity index (χ0) is 16.4. The van der Waals surface area contributed by atoms with Crippen molar-refractivity contribution in [1.29, 1.82) is 0 Å². The standard InChI is InChI=1S/C17H20N2O4/c1-11(20)19-8-6-13(7-9-19)18-16(21)15-10-12-4-2-3-5-14(12)17(22)23-15/h2-5,13,15H,6-10H2,1H3,(H,18,21)/t15-/m0/s1. The van der Waals surface area contributed by atoms with E-state index in [4.69, 9.17) is 4.74 Å². The number of nitrogens with zero attached hydrogens (tertiary/aromatic N) is 1. The Morgan fingerprint density at radius 3 is 2.61 bits per heavy atom. The molecule has 3 rings (SSSR count). The van der Waals surface area contributed by atoms with E-state index >= 15 is 0 Å². The van der Waals surface area contributed by atoms with Gasteiger partial charge in [0.25, 0.3) is 5.91 Å². The summed E-state index contributed by atoms with van der Waals surface area (Å²) < 4.78 is 5.26. The molecule has 1 atom stereocenters. The number of cyclic esters (lactones) is 1. The number of nitrogens with one attached hydrogen (secondary N) is 1. The lowest BCUT2D eigenvalue weighted by molar-refractivity contribution is -0.132. The summed E-state index contributed by atoms with van der Waals surface area (Å²) in [5.41, 5.74) is 1.38. The van der Waals surface area contributed by atoms with Crippen LogP contribution in [0.1, 0.15) is 35.7 Å². The number of hydrogen-bond donors (Lipinski definition) is 1. The Hall–Kier alpha value is -2.37. The number of benzene rings is 1. The molecule has 2 amide bonds. The van der Waals surface area contributed by atoms with Gasteiger partial charge in [0.1, 0.15) is 0 Å². The molecule has 122 valence electrons. The van der Waals surface area contributed by atoms with E-state index in [2.05, 4.69) is 5.32 Å². The maximum Gasteiger partial charge on any atom is 0.339 e. The van der Waals surface area contributed by atoms with Gasteiger partial charge < -0.3 is 15.0 Å². The van der Waals surface area contributed by atoms with Crippen molar-refractivity contribution in [3.8, 4) is 0 Å². The number of carbonyl (C=O) groups is 3. The molecule has 0 aliphatic carbocycles. The van der Waals surface area contributed by atoms with Crippen molar-refractivity contribution in [3.05, 3.63) is 35.4 Å². The molecule has 0 spiro atoms. The molecule has 23 heavy (non-hydrogen) atoms. The fourth-order valence-electron chi connectivity index (χ4n) is 3.11. The first kappa shape index (κ1) is 15.5. The van der Waals surface area contributed by atoms with Crippen molar-refractivity contribution in [2.75, 3.05) is 13.1 Å². The predicted molar refractivity (Wildman–Crippen MR) is 82.8 cm³/mol. The van der Waals surface area contributed by atoms with E-state index in [-0.39, 0.29) is 17.9 Å². The topological polar surface area (TPSA) is 75.7 Å². The van der Waals surface area contributed by atoms with E-state index in [1.807, 2.05) is 12.1 Å². The zero-order valence-corrected chi connectivity index (χ0v) is 13.1. The van der Waals surface area contributed by atoms with E-state index in [1.165, 1.54) is 0 Å². The van der Waals surface area contributed by atoms with Crippen LogP contribution in [-0.4, -0.2) is 47.9 Å². The van der Waals surface area contributed by atoms with Crippen molar-refractivity contribution >= 4 is 17.8 Å². The fraction of sp³-hybridized carbons (Fsp3) is 0.471. The van der Waals surface area contributed by atoms with E-state index in [9.17, 15) is 14.4 Å². The molecule has 1 aromatic rings. The number of esters is 1. The number of ether oxygens (including phenoxy) is 1. The summed E-state index contributed by atoms with van der Waals surface area (Å²) in [4.78, 5) is 37.4. The van der Waals surface area contributed by atoms with E-state index < -0.39 is 12.1 Å². The minimum absolute atomic E-state index is 0.0222. The summed E-state index contributed by atoms with van der Waals surface area (Å²) in [7, 11) is 0. The highest BCUT2D eigenvalue weighted by Gasteiger charge is 2.32. The molecule has 1 N–H and O–H groups in total. The van der Waals surface area contributed by atoms with Crippen LogP contribution in [-0.2, 0) is 20.7 Å². The molecule has 1 aromatic carbocycles. The third kappa shape index (κ3) is 3.36. The third-order valence-electron chi connectivity index (χ3n) is 4.47. The largest absolute Gasteiger partial charge is 0.448 e. The molecule has 0 saturated carbocycles. The van der Waals surface area contributed by atoms with Crippen LogP contribution in [0.4, 0.5) is 0 Å². The van der Waals surface area contributed by atoms with Gasteiger partial charge in [0.05, 0.1) is 5.56 Å². The van der Waals surface area contributed by atoms with Crippen LogP contribution in [0.3, 0.4) is 0 Å². The minimum Gasteiger partial charge on any atom is -0.448 e. The lowest BCUT2D eigenvalue weighted by Gasteiger charge is -2.33. The van der Waals surface area contributed by atoms with Gasteiger partial charge in [0.15, 0.2) is 6.10 Å². The Labute approximate surface area is 134 Å². The second-order valence-corrected chi connectivity index (χ2v) is 6.04. The maximum absolute atomic E-state index is 12.4. The van der Waals surface area contributed by atoms with Crippen LogP contribution in [0, 0.1) is 0 Å². The van der Waals surface area contributed by atoms with Crippen LogP contribution in [0.15, 0.2) is 24.3 Å². The van der Waals surface area contributed by atoms with Gasteiger partial charge in [-0.15, -0.1) is 0 Å². The Kier molecular flexibility index (Phi) is 4.32. The van der Waals surface area contributed by atoms with Crippen LogP contribution in [0.2, 0.25) is 0 Å². The molecule has 6 nitrogen and oxygen atoms in total. The van der Waals surface area contributed by atoms with Gasteiger partial charge in [-0.05, 0) is 24.5 Å². The Bertz CT molecular complexity index is 635. The quantitative estimate of drug-likeness (QED) is 0.822. The second-order valence-electron chi connectivity index (χ2n) is 6.04. The molecule has 6 heteroatoms. The second kappa shape index (κ2) is 6.40. The number of piperidine rings is 1. The van der Waals surface area contributed by atoms with Gasteiger partial charge in [0.2, 0.25) is 5.91 Å². The Balaban J connectivity index is 1.58. The third-order valence-corrected chi connectivity index (χ3v) is 4.47. The summed E-state index contributed by atoms with van der Waals surface area (Å²) in [5, 5.41) is 2.95. The van der Waals surface area contributed by atoms with E-state index in [1.54, 1.807) is 24.0 Å². The van der Waals surface area contributed by atoms with Crippen molar-refractivity contribution in [2.24, 2.45) is 0 Å². The molecular formula is C17H20N2O4. The van der Waals surface area contributed by atoms with Crippen molar-refractivity contribution in [1.82, 2.24) is 10.2 Å². The van der Waals surface area contributed by atoms with Crippen LogP contribution in [0.25, 0.3) is 0 Å². The van der Waals surface area contributed by atoms with Crippen molar-refractivity contribution < 1.29 is 19.1 Å². The van der Waals surface area contributed by atoms with Crippen LogP contribution in [0.5, 0.6) is 0 Å². The lowest BCUT2D eigenvalue weighted by atomic mass is 9.97. The summed E-state index contributed by atoms with van der Waals surface area (Å²) in [6.45, 7) is 2.85. The van der Waals surface area contributed by atoms with Crippen molar-refractivity contribution in [3.63, 3.8) is 0 Å². The maximum atomic E-state index is 12.4. The molecule has 0 bridgehead atoms. The SMILES string of the molecule is CC(=O)N1CCC(NC(=O)[C@@H]2Cc3ccccc3C(=O)O2)CC1. The summed E-state index contributed by atoms with van der Waals surface area (Å²) in [6, 6.07) is 7.21. The van der Waals surface area contributed by atoms with Gasteiger partial charge in [-0.3, -0.25) is 9.59 Å². The summed E-state index contributed by atoms with van der Waals surface area (Å²) >= 11 is 0. The monoisotopic (exact) mass is 316 g/mol. The Morgan fingerprint density at radius 1 is 1.22 bits per heavy atom. The highest BCUT2D eigenvalue weighted by atomic mass is 16.5. The number of rotatable bonds is 2. The number of hydrogen-bond acceptors (Lipinski definition) is 4. The van der Waals surface area contributed by atoms with Crippen LogP contribution >= 0.6 is 0 Å². The fourth-order valence-corrected chi connectivity index (χ4v) is 3.11. The number of likely N-dealkylation sites (tertiary alicyclic amines) is 1. The molecule has 2 aliphatic rings. The highest BCUT2D eigenvalue weighted by Crippen LogP contribution is 2.21. The number of carbonyl (C=O) groups excluding carboxylic acids is 3. The van der Waals surface area contributed by atoms with E-state index in [0.29, 0.717) is 25.1 Å². The van der Waals surface area contributed by atoms with Gasteiger partial charge in [-0.25, -0.2) is 4.79 Å². The number of fused-ring (bicyclic) bond motifs is 1. The molecule has 0 unspecified atom stereocenters. The minimum atomic E-state index is -0.775. The zero-order valence-electron chi connectivity index (χ0n) is 13.1.